The van der Waals surface area contributed by atoms with E-state index in [0.717, 1.165) is 25.9 Å². The molecule has 0 aromatic carbocycles. The topological polar surface area (TPSA) is 24.5 Å². The van der Waals surface area contributed by atoms with Gasteiger partial charge in [0.1, 0.15) is 0 Å². The first-order chi connectivity index (χ1) is 8.29. The first-order valence-electron chi connectivity index (χ1n) is 6.49. The van der Waals surface area contributed by atoms with Crippen LogP contribution in [0, 0.1) is 0 Å². The fourth-order valence-corrected chi connectivity index (χ4v) is 2.31. The fraction of sp³-hybridized carbons (Fsp3) is 1.00. The van der Waals surface area contributed by atoms with E-state index in [1.54, 1.807) is 0 Å². The summed E-state index contributed by atoms with van der Waals surface area (Å²) in [5.74, 6) is 0. The van der Waals surface area contributed by atoms with E-state index >= 15 is 0 Å². The Balaban J connectivity index is 2.48. The molecule has 0 saturated carbocycles. The van der Waals surface area contributed by atoms with E-state index in [9.17, 15) is 13.2 Å². The maximum Gasteiger partial charge on any atom is 0.522 e. The van der Waals surface area contributed by atoms with Crippen molar-refractivity contribution in [3.05, 3.63) is 0 Å². The molecule has 108 valence electrons. The van der Waals surface area contributed by atoms with Gasteiger partial charge in [0.15, 0.2) is 0 Å². The molecule has 6 heteroatoms. The molecule has 1 heterocycles. The fourth-order valence-electron chi connectivity index (χ4n) is 2.31. The summed E-state index contributed by atoms with van der Waals surface area (Å²) in [6.45, 7) is 7.88. The predicted molar refractivity (Wildman–Crippen MR) is 64.4 cm³/mol. The van der Waals surface area contributed by atoms with Crippen molar-refractivity contribution in [1.82, 2.24) is 10.2 Å². The zero-order valence-electron chi connectivity index (χ0n) is 11.3. The Hall–Kier alpha value is -0.330. The van der Waals surface area contributed by atoms with Gasteiger partial charge in [0.05, 0.1) is 6.61 Å². The minimum atomic E-state index is -4.52. The quantitative estimate of drug-likeness (QED) is 0.828. The lowest BCUT2D eigenvalue weighted by Gasteiger charge is -2.46. The van der Waals surface area contributed by atoms with E-state index in [1.165, 1.54) is 0 Å². The van der Waals surface area contributed by atoms with Gasteiger partial charge in [0, 0.05) is 31.2 Å². The second-order valence-corrected chi connectivity index (χ2v) is 5.12. The molecule has 3 nitrogen and oxygen atoms in total. The third-order valence-electron chi connectivity index (χ3n) is 3.73. The lowest BCUT2D eigenvalue weighted by molar-refractivity contribution is -0.325. The molecule has 2 atom stereocenters. The number of piperazine rings is 1. The van der Waals surface area contributed by atoms with Crippen LogP contribution in [0.4, 0.5) is 13.2 Å². The molecule has 0 radical (unpaired) electrons. The van der Waals surface area contributed by atoms with Crippen LogP contribution >= 0.6 is 0 Å². The van der Waals surface area contributed by atoms with Crippen molar-refractivity contribution in [1.29, 1.82) is 0 Å². The Morgan fingerprint density at radius 1 is 1.39 bits per heavy atom. The molecular weight excluding hydrogens is 245 g/mol. The summed E-state index contributed by atoms with van der Waals surface area (Å²) in [7, 11) is 0. The Bertz CT molecular complexity index is 260. The van der Waals surface area contributed by atoms with E-state index in [4.69, 9.17) is 0 Å². The van der Waals surface area contributed by atoms with E-state index in [2.05, 4.69) is 35.7 Å². The van der Waals surface area contributed by atoms with Gasteiger partial charge in [-0.2, -0.15) is 0 Å². The number of ether oxygens (including phenoxy) is 1. The summed E-state index contributed by atoms with van der Waals surface area (Å²) < 4.78 is 39.7. The molecule has 1 rings (SSSR count). The summed E-state index contributed by atoms with van der Waals surface area (Å²) in [6.07, 6.45) is -2.64. The van der Waals surface area contributed by atoms with Gasteiger partial charge in [-0.1, -0.05) is 13.8 Å². The van der Waals surface area contributed by atoms with Crippen molar-refractivity contribution in [2.75, 3.05) is 26.2 Å². The maximum atomic E-state index is 12.0. The summed E-state index contributed by atoms with van der Waals surface area (Å²) in [6, 6.07) is 0.293. The molecule has 1 aliphatic rings. The van der Waals surface area contributed by atoms with E-state index in [0.29, 0.717) is 12.6 Å². The molecule has 2 unspecified atom stereocenters. The van der Waals surface area contributed by atoms with Crippen LogP contribution in [-0.2, 0) is 4.74 Å². The van der Waals surface area contributed by atoms with E-state index in [1.807, 2.05) is 0 Å². The molecule has 0 spiro atoms. The molecular formula is C12H23F3N2O. The normalized spacial score (nSPS) is 30.7. The van der Waals surface area contributed by atoms with Crippen LogP contribution in [0.5, 0.6) is 0 Å². The Labute approximate surface area is 107 Å². The smallest absolute Gasteiger partial charge is 0.309 e. The molecule has 0 aliphatic carbocycles. The highest BCUT2D eigenvalue weighted by Crippen LogP contribution is 2.21. The minimum Gasteiger partial charge on any atom is -0.309 e. The summed E-state index contributed by atoms with van der Waals surface area (Å²) >= 11 is 0. The number of rotatable bonds is 5. The van der Waals surface area contributed by atoms with E-state index in [-0.39, 0.29) is 12.1 Å². The molecule has 18 heavy (non-hydrogen) atoms. The average molecular weight is 268 g/mol. The molecule has 1 saturated heterocycles. The van der Waals surface area contributed by atoms with Crippen molar-refractivity contribution in [2.24, 2.45) is 0 Å². The van der Waals surface area contributed by atoms with Crippen molar-refractivity contribution in [3.8, 4) is 0 Å². The number of halogens is 3. The number of hydrogen-bond acceptors (Lipinski definition) is 3. The van der Waals surface area contributed by atoms with Crippen molar-refractivity contribution >= 4 is 0 Å². The van der Waals surface area contributed by atoms with Crippen LogP contribution in [0.1, 0.15) is 33.6 Å². The summed E-state index contributed by atoms with van der Waals surface area (Å²) in [5, 5.41) is 3.48. The van der Waals surface area contributed by atoms with Crippen LogP contribution in [-0.4, -0.2) is 49.1 Å². The van der Waals surface area contributed by atoms with Crippen molar-refractivity contribution in [3.63, 3.8) is 0 Å². The Morgan fingerprint density at radius 2 is 2.06 bits per heavy atom. The van der Waals surface area contributed by atoms with Gasteiger partial charge in [-0.05, 0) is 19.8 Å². The Morgan fingerprint density at radius 3 is 2.56 bits per heavy atom. The lowest BCUT2D eigenvalue weighted by Crippen LogP contribution is -2.63. The van der Waals surface area contributed by atoms with Gasteiger partial charge in [-0.3, -0.25) is 9.64 Å². The lowest BCUT2D eigenvalue weighted by atomic mass is 9.93. The molecule has 1 N–H and O–H groups in total. The van der Waals surface area contributed by atoms with Crippen molar-refractivity contribution in [2.45, 2.75) is 51.6 Å². The monoisotopic (exact) mass is 268 g/mol. The maximum absolute atomic E-state index is 12.0. The largest absolute Gasteiger partial charge is 0.522 e. The molecule has 0 bridgehead atoms. The molecule has 1 aliphatic heterocycles. The standard InChI is InChI=1S/C12H23F3N2O/c1-4-10-8-16-11(3,5-2)9-17(10)6-7-18-12(13,14)15/h10,16H,4-9H2,1-3H3. The highest BCUT2D eigenvalue weighted by atomic mass is 19.4. The number of alkyl halides is 3. The van der Waals surface area contributed by atoms with Crippen LogP contribution in [0.2, 0.25) is 0 Å². The molecule has 0 aromatic rings. The highest BCUT2D eigenvalue weighted by Gasteiger charge is 2.34. The number of nitrogens with zero attached hydrogens (tertiary/aromatic N) is 1. The van der Waals surface area contributed by atoms with Gasteiger partial charge >= 0.3 is 6.36 Å². The first kappa shape index (κ1) is 15.7. The zero-order valence-corrected chi connectivity index (χ0v) is 11.3. The van der Waals surface area contributed by atoms with Gasteiger partial charge in [-0.25, -0.2) is 0 Å². The number of hydrogen-bond donors (Lipinski definition) is 1. The third-order valence-corrected chi connectivity index (χ3v) is 3.73. The molecule has 1 fully saturated rings. The first-order valence-corrected chi connectivity index (χ1v) is 6.49. The second kappa shape index (κ2) is 6.21. The summed E-state index contributed by atoms with van der Waals surface area (Å²) in [4.78, 5) is 2.10. The SMILES string of the molecule is CCC1CNC(C)(CC)CN1CCOC(F)(F)F. The van der Waals surface area contributed by atoms with Gasteiger partial charge < -0.3 is 5.32 Å². The zero-order chi connectivity index (χ0) is 13.8. The van der Waals surface area contributed by atoms with Crippen LogP contribution in [0.25, 0.3) is 0 Å². The minimum absolute atomic E-state index is 0.0100. The van der Waals surface area contributed by atoms with Crippen LogP contribution in [0.15, 0.2) is 0 Å². The molecule has 0 amide bonds. The summed E-state index contributed by atoms with van der Waals surface area (Å²) in [5.41, 5.74) is -0.0100. The average Bonchev–Trinajstić information content (AvgIpc) is 2.28. The van der Waals surface area contributed by atoms with Crippen LogP contribution in [0.3, 0.4) is 0 Å². The van der Waals surface area contributed by atoms with Crippen molar-refractivity contribution < 1.29 is 17.9 Å². The van der Waals surface area contributed by atoms with Gasteiger partial charge in [0.2, 0.25) is 0 Å². The highest BCUT2D eigenvalue weighted by molar-refractivity contribution is 4.93. The van der Waals surface area contributed by atoms with Gasteiger partial charge in [-0.15, -0.1) is 13.2 Å². The number of nitrogens with one attached hydrogen (secondary N) is 1. The second-order valence-electron chi connectivity index (χ2n) is 5.12. The Kier molecular flexibility index (Phi) is 5.43. The van der Waals surface area contributed by atoms with Crippen LogP contribution < -0.4 is 5.32 Å². The molecule has 0 aromatic heterocycles. The predicted octanol–water partition coefficient (Wildman–Crippen LogP) is 2.38. The van der Waals surface area contributed by atoms with Gasteiger partial charge in [0.25, 0.3) is 0 Å². The van der Waals surface area contributed by atoms with E-state index < -0.39 is 6.36 Å². The third kappa shape index (κ3) is 4.74.